The van der Waals surface area contributed by atoms with Crippen LogP contribution in [0.4, 0.5) is 11.4 Å². The van der Waals surface area contributed by atoms with E-state index in [1.165, 1.54) is 43.5 Å². The van der Waals surface area contributed by atoms with Gasteiger partial charge < -0.3 is 14.2 Å². The highest BCUT2D eigenvalue weighted by Crippen LogP contribution is 2.38. The maximum atomic E-state index is 12.4. The Balaban J connectivity index is 1.57. The first-order valence-corrected chi connectivity index (χ1v) is 11.5. The summed E-state index contributed by atoms with van der Waals surface area (Å²) in [4.78, 5) is 37.4. The number of rotatable bonds is 8. The van der Waals surface area contributed by atoms with E-state index in [0.29, 0.717) is 27.1 Å². The first-order valence-electron chi connectivity index (χ1n) is 10.4. The number of nitro benzene ring substituents is 2. The lowest BCUT2D eigenvalue weighted by Gasteiger charge is -2.13. The molecule has 1 aliphatic heterocycles. The number of hydrogen-bond acceptors (Lipinski definition) is 9. The quantitative estimate of drug-likeness (QED) is 0.138. The molecule has 3 aromatic carbocycles. The molecule has 1 heterocycles. The molecule has 188 valence electrons. The van der Waals surface area contributed by atoms with Crippen LogP contribution >= 0.6 is 27.5 Å². The molecule has 1 aliphatic rings. The van der Waals surface area contributed by atoms with Gasteiger partial charge in [-0.3, -0.25) is 20.2 Å². The molecular weight excluding hydrogens is 574 g/mol. The maximum Gasteiger partial charge on any atom is 0.363 e. The lowest BCUT2D eigenvalue weighted by atomic mass is 10.1. The van der Waals surface area contributed by atoms with Crippen molar-refractivity contribution in [2.75, 3.05) is 7.11 Å². The van der Waals surface area contributed by atoms with Gasteiger partial charge in [0.2, 0.25) is 5.90 Å². The predicted molar refractivity (Wildman–Crippen MR) is 137 cm³/mol. The third-order valence-corrected chi connectivity index (χ3v) is 6.00. The second-order valence-electron chi connectivity index (χ2n) is 7.51. The van der Waals surface area contributed by atoms with Gasteiger partial charge in [0.1, 0.15) is 11.6 Å². The van der Waals surface area contributed by atoms with Crippen molar-refractivity contribution in [3.05, 3.63) is 107 Å². The SMILES string of the molecule is COc1cc(/C=C2\N=C(c3ccc(Cl)c([N+](=O)[O-])c3)OC2=O)cc(Br)c1OCc1ccc([N+](=O)[O-])cc1. The smallest absolute Gasteiger partial charge is 0.363 e. The maximum absolute atomic E-state index is 12.4. The van der Waals surface area contributed by atoms with Gasteiger partial charge in [-0.15, -0.1) is 0 Å². The minimum absolute atomic E-state index is 0.0227. The third kappa shape index (κ3) is 5.76. The van der Waals surface area contributed by atoms with Gasteiger partial charge >= 0.3 is 5.97 Å². The van der Waals surface area contributed by atoms with Crippen molar-refractivity contribution >= 4 is 56.8 Å². The summed E-state index contributed by atoms with van der Waals surface area (Å²) in [5.74, 6) is -0.0898. The average molecular weight is 589 g/mol. The molecule has 4 rings (SSSR count). The van der Waals surface area contributed by atoms with E-state index in [9.17, 15) is 25.0 Å². The Bertz CT molecular complexity index is 1490. The van der Waals surface area contributed by atoms with E-state index in [2.05, 4.69) is 20.9 Å². The zero-order valence-electron chi connectivity index (χ0n) is 18.8. The van der Waals surface area contributed by atoms with Crippen LogP contribution in [0.15, 0.2) is 69.8 Å². The zero-order valence-corrected chi connectivity index (χ0v) is 21.2. The minimum Gasteiger partial charge on any atom is -0.493 e. The fourth-order valence-corrected chi connectivity index (χ4v) is 4.07. The van der Waals surface area contributed by atoms with E-state index in [4.69, 9.17) is 25.8 Å². The molecule has 0 amide bonds. The van der Waals surface area contributed by atoms with E-state index < -0.39 is 15.8 Å². The van der Waals surface area contributed by atoms with Crippen LogP contribution in [-0.4, -0.2) is 28.8 Å². The van der Waals surface area contributed by atoms with Crippen LogP contribution in [0.3, 0.4) is 0 Å². The number of carbonyl (C=O) groups is 1. The number of methoxy groups -OCH3 is 1. The fourth-order valence-electron chi connectivity index (χ4n) is 3.31. The van der Waals surface area contributed by atoms with E-state index in [0.717, 1.165) is 0 Å². The van der Waals surface area contributed by atoms with Crippen LogP contribution in [0.2, 0.25) is 5.02 Å². The summed E-state index contributed by atoms with van der Waals surface area (Å²) >= 11 is 9.27. The number of cyclic esters (lactones) is 1. The van der Waals surface area contributed by atoms with Gasteiger partial charge in [-0.05, 0) is 69.5 Å². The number of benzene rings is 3. The number of carbonyl (C=O) groups excluding carboxylic acids is 1. The van der Waals surface area contributed by atoms with Gasteiger partial charge in [0.25, 0.3) is 11.4 Å². The Morgan fingerprint density at radius 3 is 2.46 bits per heavy atom. The zero-order chi connectivity index (χ0) is 26.7. The summed E-state index contributed by atoms with van der Waals surface area (Å²) in [6.07, 6.45) is 1.47. The summed E-state index contributed by atoms with van der Waals surface area (Å²) in [6, 6.07) is 13.2. The van der Waals surface area contributed by atoms with Crippen LogP contribution < -0.4 is 9.47 Å². The second kappa shape index (κ2) is 10.8. The highest BCUT2D eigenvalue weighted by atomic mass is 79.9. The van der Waals surface area contributed by atoms with Crippen LogP contribution in [0.25, 0.3) is 6.08 Å². The standard InChI is InChI=1S/C24H15BrClN3O8/c1-35-21-10-14(8-17(25)22(21)36-12-13-2-5-16(6-3-13)28(31)32)9-19-24(30)37-23(27-19)15-4-7-18(26)20(11-15)29(33)34/h2-11H,12H2,1H3/b19-9-. The number of hydrogen-bond donors (Lipinski definition) is 0. The van der Waals surface area contributed by atoms with Crippen LogP contribution in [-0.2, 0) is 16.1 Å². The van der Waals surface area contributed by atoms with Gasteiger partial charge in [0.05, 0.1) is 21.4 Å². The first-order chi connectivity index (χ1) is 17.7. The minimum atomic E-state index is -0.735. The number of halogens is 2. The molecule has 0 N–H and O–H groups in total. The summed E-state index contributed by atoms with van der Waals surface area (Å²) in [7, 11) is 1.45. The topological polar surface area (TPSA) is 143 Å². The normalized spacial score (nSPS) is 13.8. The lowest BCUT2D eigenvalue weighted by Crippen LogP contribution is -2.06. The molecule has 0 fully saturated rings. The number of nitro groups is 2. The monoisotopic (exact) mass is 587 g/mol. The molecule has 11 nitrogen and oxygen atoms in total. The van der Waals surface area contributed by atoms with Crippen molar-refractivity contribution in [3.63, 3.8) is 0 Å². The second-order valence-corrected chi connectivity index (χ2v) is 8.77. The van der Waals surface area contributed by atoms with Crippen molar-refractivity contribution in [2.24, 2.45) is 4.99 Å². The van der Waals surface area contributed by atoms with Crippen molar-refractivity contribution in [2.45, 2.75) is 6.61 Å². The van der Waals surface area contributed by atoms with Gasteiger partial charge in [0.15, 0.2) is 17.2 Å². The number of non-ortho nitro benzene ring substituents is 1. The first kappa shape index (κ1) is 25.8. The van der Waals surface area contributed by atoms with Crippen LogP contribution in [0.1, 0.15) is 16.7 Å². The molecule has 0 aromatic heterocycles. The molecular formula is C24H15BrClN3O8. The van der Waals surface area contributed by atoms with E-state index in [-0.39, 0.29) is 40.2 Å². The molecule has 0 spiro atoms. The van der Waals surface area contributed by atoms with E-state index >= 15 is 0 Å². The molecule has 0 aliphatic carbocycles. The number of esters is 1. The van der Waals surface area contributed by atoms with Crippen LogP contribution in [0.5, 0.6) is 11.5 Å². The molecule has 0 bridgehead atoms. The highest BCUT2D eigenvalue weighted by molar-refractivity contribution is 9.10. The molecule has 0 saturated heterocycles. The van der Waals surface area contributed by atoms with Crippen molar-refractivity contribution in [1.29, 1.82) is 0 Å². The summed E-state index contributed by atoms with van der Waals surface area (Å²) in [5.41, 5.74) is 1.08. The number of aliphatic imine (C=N–C) groups is 1. The average Bonchev–Trinajstić information content (AvgIpc) is 3.23. The third-order valence-electron chi connectivity index (χ3n) is 5.10. The predicted octanol–water partition coefficient (Wildman–Crippen LogP) is 5.85. The molecule has 37 heavy (non-hydrogen) atoms. The van der Waals surface area contributed by atoms with Crippen LogP contribution in [0, 0.1) is 20.2 Å². The summed E-state index contributed by atoms with van der Waals surface area (Å²) in [6.45, 7) is 0.126. The molecule has 0 atom stereocenters. The summed E-state index contributed by atoms with van der Waals surface area (Å²) < 4.78 is 17.0. The molecule has 0 saturated carbocycles. The molecule has 3 aromatic rings. The Hall–Kier alpha value is -4.29. The van der Waals surface area contributed by atoms with E-state index in [1.54, 1.807) is 24.3 Å². The Morgan fingerprint density at radius 1 is 1.08 bits per heavy atom. The van der Waals surface area contributed by atoms with Gasteiger partial charge in [-0.25, -0.2) is 9.79 Å². The number of nitrogens with zero attached hydrogens (tertiary/aromatic N) is 3. The molecule has 0 radical (unpaired) electrons. The van der Waals surface area contributed by atoms with E-state index in [1.807, 2.05) is 0 Å². The highest BCUT2D eigenvalue weighted by Gasteiger charge is 2.26. The van der Waals surface area contributed by atoms with Crippen molar-refractivity contribution in [1.82, 2.24) is 0 Å². The Morgan fingerprint density at radius 2 is 1.81 bits per heavy atom. The van der Waals surface area contributed by atoms with Gasteiger partial charge in [0, 0.05) is 23.8 Å². The largest absolute Gasteiger partial charge is 0.493 e. The van der Waals surface area contributed by atoms with Gasteiger partial charge in [-0.1, -0.05) is 11.6 Å². The van der Waals surface area contributed by atoms with Gasteiger partial charge in [-0.2, -0.15) is 0 Å². The van der Waals surface area contributed by atoms with Crippen molar-refractivity contribution in [3.8, 4) is 11.5 Å². The lowest BCUT2D eigenvalue weighted by molar-refractivity contribution is -0.385. The Labute approximate surface area is 222 Å². The van der Waals surface area contributed by atoms with Crippen molar-refractivity contribution < 1.29 is 28.9 Å². The fraction of sp³-hybridized carbons (Fsp3) is 0.0833. The molecule has 0 unspecified atom stereocenters. The molecule has 13 heteroatoms. The number of ether oxygens (including phenoxy) is 3. The summed E-state index contributed by atoms with van der Waals surface area (Å²) in [5, 5.41) is 21.9. The Kier molecular flexibility index (Phi) is 7.50.